The Morgan fingerprint density at radius 1 is 1.00 bits per heavy atom. The zero-order chi connectivity index (χ0) is 21.1. The monoisotopic (exact) mass is 440 g/mol. The molecule has 0 spiro atoms. The lowest BCUT2D eigenvalue weighted by atomic mass is 10.1. The first-order valence-electron chi connectivity index (χ1n) is 9.06. The van der Waals surface area contributed by atoms with Gasteiger partial charge in [0.25, 0.3) is 16.4 Å². The Bertz CT molecular complexity index is 1040. The SMILES string of the molecule is O=C1NC(=O)/C(=C\c2ccc(OCCN3C(=O)SC(c4ccccc4)C3=O)cc2)S1. The van der Waals surface area contributed by atoms with Crippen molar-refractivity contribution < 1.29 is 23.9 Å². The Balaban J connectivity index is 1.32. The van der Waals surface area contributed by atoms with E-state index in [-0.39, 0.29) is 29.5 Å². The van der Waals surface area contributed by atoms with Crippen LogP contribution in [-0.4, -0.2) is 40.3 Å². The van der Waals surface area contributed by atoms with Crippen molar-refractivity contribution in [1.29, 1.82) is 0 Å². The first-order valence-corrected chi connectivity index (χ1v) is 10.8. The van der Waals surface area contributed by atoms with Gasteiger partial charge in [0, 0.05) is 0 Å². The van der Waals surface area contributed by atoms with E-state index in [4.69, 9.17) is 4.74 Å². The van der Waals surface area contributed by atoms with Crippen molar-refractivity contribution >= 4 is 51.9 Å². The highest BCUT2D eigenvalue weighted by Gasteiger charge is 2.40. The van der Waals surface area contributed by atoms with Gasteiger partial charge in [-0.2, -0.15) is 0 Å². The number of carbonyl (C=O) groups excluding carboxylic acids is 4. The molecule has 1 atom stereocenters. The molecule has 0 aromatic heterocycles. The lowest BCUT2D eigenvalue weighted by Gasteiger charge is -2.14. The van der Waals surface area contributed by atoms with Gasteiger partial charge in [-0.3, -0.25) is 29.4 Å². The summed E-state index contributed by atoms with van der Waals surface area (Å²) in [6.45, 7) is 0.339. The Labute approximate surface area is 180 Å². The van der Waals surface area contributed by atoms with E-state index in [1.165, 1.54) is 4.90 Å². The quantitative estimate of drug-likeness (QED) is 0.683. The molecule has 2 heterocycles. The average molecular weight is 441 g/mol. The molecule has 2 saturated heterocycles. The summed E-state index contributed by atoms with van der Waals surface area (Å²) in [6.07, 6.45) is 1.62. The molecule has 2 aromatic carbocycles. The molecular weight excluding hydrogens is 424 g/mol. The van der Waals surface area contributed by atoms with Crippen LogP contribution in [0.3, 0.4) is 0 Å². The summed E-state index contributed by atoms with van der Waals surface area (Å²) in [6, 6.07) is 16.2. The summed E-state index contributed by atoms with van der Waals surface area (Å²) in [4.78, 5) is 49.1. The summed E-state index contributed by atoms with van der Waals surface area (Å²) in [5.74, 6) is -0.0660. The number of ether oxygens (including phenoxy) is 1. The second-order valence-electron chi connectivity index (χ2n) is 6.43. The molecule has 2 fully saturated rings. The molecule has 152 valence electrons. The fraction of sp³-hybridized carbons (Fsp3) is 0.143. The lowest BCUT2D eigenvalue weighted by molar-refractivity contribution is -0.127. The van der Waals surface area contributed by atoms with Gasteiger partial charge in [0.1, 0.15) is 17.6 Å². The van der Waals surface area contributed by atoms with Gasteiger partial charge >= 0.3 is 0 Å². The van der Waals surface area contributed by atoms with Crippen molar-refractivity contribution in [2.45, 2.75) is 5.25 Å². The van der Waals surface area contributed by atoms with E-state index in [9.17, 15) is 19.2 Å². The summed E-state index contributed by atoms with van der Waals surface area (Å²) in [7, 11) is 0. The number of benzene rings is 2. The van der Waals surface area contributed by atoms with Gasteiger partial charge in [0.2, 0.25) is 5.91 Å². The molecule has 2 aromatic rings. The summed E-state index contributed by atoms with van der Waals surface area (Å²) in [5, 5.41) is 1.03. The van der Waals surface area contributed by atoms with Gasteiger partial charge in [-0.15, -0.1) is 0 Å². The van der Waals surface area contributed by atoms with Crippen LogP contribution in [0.2, 0.25) is 0 Å². The minimum absolute atomic E-state index is 0.165. The van der Waals surface area contributed by atoms with Gasteiger partial charge in [0.15, 0.2) is 0 Å². The maximum atomic E-state index is 12.6. The van der Waals surface area contributed by atoms with E-state index >= 15 is 0 Å². The van der Waals surface area contributed by atoms with Crippen molar-refractivity contribution in [2.75, 3.05) is 13.2 Å². The van der Waals surface area contributed by atoms with Crippen molar-refractivity contribution in [3.8, 4) is 5.75 Å². The number of hydrogen-bond acceptors (Lipinski definition) is 7. The molecule has 30 heavy (non-hydrogen) atoms. The number of carbonyl (C=O) groups is 4. The molecule has 1 unspecified atom stereocenters. The second-order valence-corrected chi connectivity index (χ2v) is 8.51. The Morgan fingerprint density at radius 2 is 1.73 bits per heavy atom. The Morgan fingerprint density at radius 3 is 2.40 bits per heavy atom. The molecular formula is C21H16N2O5S2. The number of hydrogen-bond donors (Lipinski definition) is 1. The van der Waals surface area contributed by atoms with E-state index in [0.29, 0.717) is 10.7 Å². The standard InChI is InChI=1S/C21H16N2O5S2/c24-18-16(29-20(26)22-18)12-13-6-8-15(9-7-13)28-11-10-23-19(25)17(30-21(23)27)14-4-2-1-3-5-14/h1-9,12,17H,10-11H2,(H,22,24,26)/b16-12+. The van der Waals surface area contributed by atoms with E-state index in [1.807, 2.05) is 30.3 Å². The third kappa shape index (κ3) is 4.42. The second kappa shape index (κ2) is 8.76. The van der Waals surface area contributed by atoms with E-state index in [1.54, 1.807) is 30.3 Å². The van der Waals surface area contributed by atoms with E-state index in [2.05, 4.69) is 5.32 Å². The zero-order valence-corrected chi connectivity index (χ0v) is 17.2. The molecule has 7 nitrogen and oxygen atoms in total. The normalized spacial score (nSPS) is 20.2. The molecule has 0 saturated carbocycles. The zero-order valence-electron chi connectivity index (χ0n) is 15.6. The first-order chi connectivity index (χ1) is 14.5. The van der Waals surface area contributed by atoms with Crippen LogP contribution in [0.1, 0.15) is 16.4 Å². The topological polar surface area (TPSA) is 92.8 Å². The third-order valence-corrected chi connectivity index (χ3v) is 6.38. The van der Waals surface area contributed by atoms with Gasteiger partial charge in [-0.25, -0.2) is 0 Å². The van der Waals surface area contributed by atoms with E-state index in [0.717, 1.165) is 34.7 Å². The Kier molecular flexibility index (Phi) is 5.91. The van der Waals surface area contributed by atoms with Gasteiger partial charge in [0.05, 0.1) is 11.4 Å². The minimum atomic E-state index is -0.511. The van der Waals surface area contributed by atoms with Gasteiger partial charge in [-0.05, 0) is 52.9 Å². The molecule has 4 rings (SSSR count). The van der Waals surface area contributed by atoms with Crippen LogP contribution in [0.5, 0.6) is 5.75 Å². The number of rotatable bonds is 6. The molecule has 0 radical (unpaired) electrons. The number of nitrogens with one attached hydrogen (secondary N) is 1. The molecule has 2 aliphatic heterocycles. The van der Waals surface area contributed by atoms with Crippen molar-refractivity contribution in [2.24, 2.45) is 0 Å². The van der Waals surface area contributed by atoms with Crippen molar-refractivity contribution in [3.63, 3.8) is 0 Å². The molecule has 4 amide bonds. The maximum absolute atomic E-state index is 12.6. The molecule has 0 aliphatic carbocycles. The minimum Gasteiger partial charge on any atom is -0.492 e. The number of amides is 4. The van der Waals surface area contributed by atoms with Crippen LogP contribution in [0.25, 0.3) is 6.08 Å². The lowest BCUT2D eigenvalue weighted by Crippen LogP contribution is -2.33. The van der Waals surface area contributed by atoms with Crippen LogP contribution in [-0.2, 0) is 9.59 Å². The van der Waals surface area contributed by atoms with Crippen LogP contribution in [0.4, 0.5) is 9.59 Å². The highest BCUT2D eigenvalue weighted by Crippen LogP contribution is 2.38. The third-order valence-electron chi connectivity index (χ3n) is 4.44. The number of thioether (sulfide) groups is 2. The van der Waals surface area contributed by atoms with Gasteiger partial charge in [-0.1, -0.05) is 42.5 Å². The predicted molar refractivity (Wildman–Crippen MR) is 115 cm³/mol. The largest absolute Gasteiger partial charge is 0.492 e. The van der Waals surface area contributed by atoms with Crippen molar-refractivity contribution in [1.82, 2.24) is 10.2 Å². The number of imide groups is 2. The highest BCUT2D eigenvalue weighted by atomic mass is 32.2. The van der Waals surface area contributed by atoms with Gasteiger partial charge < -0.3 is 4.74 Å². The number of nitrogens with zero attached hydrogens (tertiary/aromatic N) is 1. The predicted octanol–water partition coefficient (Wildman–Crippen LogP) is 3.83. The van der Waals surface area contributed by atoms with Crippen LogP contribution in [0, 0.1) is 0 Å². The molecule has 0 bridgehead atoms. The van der Waals surface area contributed by atoms with Crippen molar-refractivity contribution in [3.05, 3.63) is 70.6 Å². The molecule has 1 N–H and O–H groups in total. The first kappa shape index (κ1) is 20.2. The molecule has 9 heteroatoms. The van der Waals surface area contributed by atoms with E-state index < -0.39 is 11.2 Å². The van der Waals surface area contributed by atoms with Crippen LogP contribution in [0.15, 0.2) is 59.5 Å². The van der Waals surface area contributed by atoms with Crippen LogP contribution >= 0.6 is 23.5 Å². The summed E-state index contributed by atoms with van der Waals surface area (Å²) in [5.41, 5.74) is 1.56. The summed E-state index contributed by atoms with van der Waals surface area (Å²) >= 11 is 1.87. The van der Waals surface area contributed by atoms with Crippen LogP contribution < -0.4 is 10.1 Å². The summed E-state index contributed by atoms with van der Waals surface area (Å²) < 4.78 is 5.65. The Hall–Kier alpha value is -3.04. The fourth-order valence-electron chi connectivity index (χ4n) is 2.97. The maximum Gasteiger partial charge on any atom is 0.290 e. The molecule has 2 aliphatic rings. The fourth-order valence-corrected chi connectivity index (χ4v) is 4.69. The average Bonchev–Trinajstić information content (AvgIpc) is 3.21. The smallest absolute Gasteiger partial charge is 0.290 e. The highest BCUT2D eigenvalue weighted by molar-refractivity contribution is 8.18.